The van der Waals surface area contributed by atoms with Crippen LogP contribution in [0.3, 0.4) is 0 Å². The Balaban J connectivity index is 1.45. The van der Waals surface area contributed by atoms with Crippen molar-refractivity contribution in [2.45, 2.75) is 13.0 Å². The van der Waals surface area contributed by atoms with E-state index in [-0.39, 0.29) is 0 Å². The highest BCUT2D eigenvalue weighted by molar-refractivity contribution is 5.93. The molecule has 0 saturated carbocycles. The molecule has 140 valence electrons. The van der Waals surface area contributed by atoms with Crippen molar-refractivity contribution in [3.05, 3.63) is 84.4 Å². The molecule has 1 aliphatic rings. The van der Waals surface area contributed by atoms with E-state index in [1.807, 2.05) is 18.5 Å². The fraction of sp³-hybridized carbons (Fsp3) is 0.125. The van der Waals surface area contributed by atoms with Crippen LogP contribution in [0, 0.1) is 0 Å². The topological polar surface area (TPSA) is 57.7 Å². The average molecular weight is 377 g/mol. The molecule has 4 heterocycles. The summed E-state index contributed by atoms with van der Waals surface area (Å²) in [5, 5.41) is 2.19. The van der Waals surface area contributed by atoms with Crippen LogP contribution in [0.25, 0.3) is 33.1 Å². The summed E-state index contributed by atoms with van der Waals surface area (Å²) < 4.78 is 0. The molecule has 0 fully saturated rings. The highest BCUT2D eigenvalue weighted by atomic mass is 15.2. The first-order valence-electron chi connectivity index (χ1n) is 9.85. The Morgan fingerprint density at radius 3 is 2.76 bits per heavy atom. The van der Waals surface area contributed by atoms with Gasteiger partial charge in [0.15, 0.2) is 0 Å². The third kappa shape index (κ3) is 2.74. The van der Waals surface area contributed by atoms with E-state index >= 15 is 0 Å². The summed E-state index contributed by atoms with van der Waals surface area (Å²) in [4.78, 5) is 19.2. The van der Waals surface area contributed by atoms with Crippen molar-refractivity contribution in [2.24, 2.45) is 0 Å². The lowest BCUT2D eigenvalue weighted by Gasteiger charge is -2.30. The van der Waals surface area contributed by atoms with Gasteiger partial charge in [0, 0.05) is 41.8 Å². The maximum Gasteiger partial charge on any atom is 0.140 e. The largest absolute Gasteiger partial charge is 0.351 e. The summed E-state index contributed by atoms with van der Waals surface area (Å²) >= 11 is 0. The van der Waals surface area contributed by atoms with Crippen LogP contribution >= 0.6 is 0 Å². The molecule has 0 saturated heterocycles. The van der Waals surface area contributed by atoms with Crippen LogP contribution in [0.5, 0.6) is 0 Å². The minimum Gasteiger partial charge on any atom is -0.351 e. The van der Waals surface area contributed by atoms with Crippen molar-refractivity contribution in [3.8, 4) is 11.1 Å². The Bertz CT molecular complexity index is 1350. The Labute approximate surface area is 168 Å². The molecule has 2 aromatic carbocycles. The minimum atomic E-state index is 0.878. The predicted molar refractivity (Wildman–Crippen MR) is 116 cm³/mol. The first-order valence-corrected chi connectivity index (χ1v) is 9.85. The lowest BCUT2D eigenvalue weighted by molar-refractivity contribution is 0.723. The van der Waals surface area contributed by atoms with E-state index in [9.17, 15) is 0 Å². The number of H-pyrrole nitrogens is 1. The van der Waals surface area contributed by atoms with Gasteiger partial charge in [0.1, 0.15) is 17.8 Å². The summed E-state index contributed by atoms with van der Waals surface area (Å²) in [7, 11) is 0. The molecule has 1 aliphatic heterocycles. The molecular formula is C24H19N5. The summed E-state index contributed by atoms with van der Waals surface area (Å²) in [6, 6.07) is 19.3. The second-order valence-corrected chi connectivity index (χ2v) is 7.51. The third-order valence-corrected chi connectivity index (χ3v) is 5.78. The standard InChI is InChI=1S/C24H19N5/c1-2-4-19-14-29(10-8-16(19)3-1)24-21-12-17(5-6-22(21)27-15-28-24)20-11-18-7-9-25-23(18)26-13-20/h1-7,9,11-13,15H,8,10,14H2,(H,25,26). The second-order valence-electron chi connectivity index (χ2n) is 7.51. The first kappa shape index (κ1) is 16.2. The molecular weight excluding hydrogens is 358 g/mol. The molecule has 0 radical (unpaired) electrons. The number of nitrogens with one attached hydrogen (secondary N) is 1. The lowest BCUT2D eigenvalue weighted by atomic mass is 9.99. The number of fused-ring (bicyclic) bond motifs is 3. The number of pyridine rings is 1. The van der Waals surface area contributed by atoms with Gasteiger partial charge in [-0.05, 0) is 47.4 Å². The normalized spacial score (nSPS) is 13.7. The molecule has 5 heteroatoms. The lowest BCUT2D eigenvalue weighted by Crippen LogP contribution is -2.31. The van der Waals surface area contributed by atoms with Crippen molar-refractivity contribution < 1.29 is 0 Å². The average Bonchev–Trinajstić information content (AvgIpc) is 3.26. The summed E-state index contributed by atoms with van der Waals surface area (Å²) in [6.07, 6.45) is 6.54. The number of anilines is 1. The number of nitrogens with zero attached hydrogens (tertiary/aromatic N) is 4. The van der Waals surface area contributed by atoms with Gasteiger partial charge in [0.05, 0.1) is 5.52 Å². The number of aromatic nitrogens is 4. The van der Waals surface area contributed by atoms with Crippen LogP contribution < -0.4 is 4.90 Å². The van der Waals surface area contributed by atoms with Crippen molar-refractivity contribution >= 4 is 27.8 Å². The fourth-order valence-corrected chi connectivity index (χ4v) is 4.25. The van der Waals surface area contributed by atoms with E-state index in [1.54, 1.807) is 6.33 Å². The van der Waals surface area contributed by atoms with Gasteiger partial charge in [-0.3, -0.25) is 0 Å². The van der Waals surface area contributed by atoms with Crippen LogP contribution in [0.2, 0.25) is 0 Å². The zero-order valence-electron chi connectivity index (χ0n) is 15.8. The van der Waals surface area contributed by atoms with Gasteiger partial charge >= 0.3 is 0 Å². The van der Waals surface area contributed by atoms with Crippen molar-refractivity contribution in [2.75, 3.05) is 11.4 Å². The minimum absolute atomic E-state index is 0.878. The van der Waals surface area contributed by atoms with Crippen molar-refractivity contribution in [1.29, 1.82) is 0 Å². The zero-order chi connectivity index (χ0) is 19.2. The molecule has 5 aromatic rings. The predicted octanol–water partition coefficient (Wildman–Crippen LogP) is 4.74. The SMILES string of the molecule is c1ccc2c(c1)CCN(c1ncnc3ccc(-c4cnc5[nH]ccc5c4)cc13)C2. The fourth-order valence-electron chi connectivity index (χ4n) is 4.25. The molecule has 29 heavy (non-hydrogen) atoms. The van der Waals surface area contributed by atoms with E-state index in [4.69, 9.17) is 0 Å². The maximum atomic E-state index is 4.67. The number of aromatic amines is 1. The molecule has 1 N–H and O–H groups in total. The smallest absolute Gasteiger partial charge is 0.140 e. The number of benzene rings is 2. The van der Waals surface area contributed by atoms with Crippen LogP contribution in [0.15, 0.2) is 73.3 Å². The van der Waals surface area contributed by atoms with E-state index in [2.05, 4.69) is 73.4 Å². The van der Waals surface area contributed by atoms with Gasteiger partial charge < -0.3 is 9.88 Å². The number of hydrogen-bond acceptors (Lipinski definition) is 4. The maximum absolute atomic E-state index is 4.67. The van der Waals surface area contributed by atoms with E-state index in [0.29, 0.717) is 0 Å². The van der Waals surface area contributed by atoms with Crippen LogP contribution in [-0.2, 0) is 13.0 Å². The van der Waals surface area contributed by atoms with E-state index in [0.717, 1.165) is 58.4 Å². The van der Waals surface area contributed by atoms with Gasteiger partial charge in [-0.1, -0.05) is 30.3 Å². The molecule has 0 amide bonds. The molecule has 0 bridgehead atoms. The monoisotopic (exact) mass is 377 g/mol. The van der Waals surface area contributed by atoms with Crippen molar-refractivity contribution in [1.82, 2.24) is 19.9 Å². The molecule has 0 spiro atoms. The van der Waals surface area contributed by atoms with Gasteiger partial charge in [0.25, 0.3) is 0 Å². The third-order valence-electron chi connectivity index (χ3n) is 5.78. The van der Waals surface area contributed by atoms with Crippen LogP contribution in [0.4, 0.5) is 5.82 Å². The first-order chi connectivity index (χ1) is 14.3. The van der Waals surface area contributed by atoms with Crippen LogP contribution in [-0.4, -0.2) is 26.5 Å². The van der Waals surface area contributed by atoms with E-state index < -0.39 is 0 Å². The Morgan fingerprint density at radius 2 is 1.79 bits per heavy atom. The van der Waals surface area contributed by atoms with Gasteiger partial charge in [-0.15, -0.1) is 0 Å². The molecule has 0 unspecified atom stereocenters. The van der Waals surface area contributed by atoms with Crippen molar-refractivity contribution in [3.63, 3.8) is 0 Å². The Morgan fingerprint density at radius 1 is 0.862 bits per heavy atom. The number of rotatable bonds is 2. The molecule has 3 aromatic heterocycles. The van der Waals surface area contributed by atoms with Gasteiger partial charge in [0.2, 0.25) is 0 Å². The quantitative estimate of drug-likeness (QED) is 0.483. The van der Waals surface area contributed by atoms with Gasteiger partial charge in [-0.2, -0.15) is 0 Å². The highest BCUT2D eigenvalue weighted by Gasteiger charge is 2.19. The van der Waals surface area contributed by atoms with E-state index in [1.165, 1.54) is 11.1 Å². The zero-order valence-corrected chi connectivity index (χ0v) is 15.8. The Hall–Kier alpha value is -3.73. The highest BCUT2D eigenvalue weighted by Crippen LogP contribution is 2.32. The molecule has 5 nitrogen and oxygen atoms in total. The summed E-state index contributed by atoms with van der Waals surface area (Å²) in [5.41, 5.74) is 6.91. The number of hydrogen-bond donors (Lipinski definition) is 1. The second kappa shape index (κ2) is 6.41. The summed E-state index contributed by atoms with van der Waals surface area (Å²) in [6.45, 7) is 1.84. The molecule has 6 rings (SSSR count). The van der Waals surface area contributed by atoms with Gasteiger partial charge in [-0.25, -0.2) is 15.0 Å². The Kier molecular flexibility index (Phi) is 3.59. The molecule has 0 aliphatic carbocycles. The summed E-state index contributed by atoms with van der Waals surface area (Å²) in [5.74, 6) is 1.00. The molecule has 0 atom stereocenters. The van der Waals surface area contributed by atoms with Crippen LogP contribution in [0.1, 0.15) is 11.1 Å².